The molecule has 2 rings (SSSR count). The van der Waals surface area contributed by atoms with Gasteiger partial charge < -0.3 is 10.2 Å². The lowest BCUT2D eigenvalue weighted by molar-refractivity contribution is -0.143. The Balaban J connectivity index is 1.74. The first-order valence-corrected chi connectivity index (χ1v) is 9.21. The van der Waals surface area contributed by atoms with E-state index in [1.54, 1.807) is 28.0 Å². The first-order valence-electron chi connectivity index (χ1n) is 7.17. The van der Waals surface area contributed by atoms with Crippen LogP contribution in [0.15, 0.2) is 5.38 Å². The molecule has 7 heteroatoms. The van der Waals surface area contributed by atoms with Crippen LogP contribution in [0.1, 0.15) is 30.5 Å². The molecule has 2 amide bonds. The topological polar surface area (TPSA) is 62.3 Å². The lowest BCUT2D eigenvalue weighted by Gasteiger charge is -2.34. The van der Waals surface area contributed by atoms with E-state index in [0.29, 0.717) is 25.9 Å². The zero-order valence-electron chi connectivity index (χ0n) is 12.4. The van der Waals surface area contributed by atoms with Crippen molar-refractivity contribution < 1.29 is 9.59 Å². The van der Waals surface area contributed by atoms with Crippen LogP contribution in [-0.2, 0) is 15.3 Å². The molecule has 0 aliphatic carbocycles. The number of thioether (sulfide) groups is 1. The number of nitrogens with one attached hydrogen (secondary N) is 1. The van der Waals surface area contributed by atoms with Gasteiger partial charge in [-0.2, -0.15) is 11.8 Å². The number of carbonyl (C=O) groups is 2. The molecule has 1 aromatic rings. The SMILES string of the molecule is CCC1C(=O)NCCN1C(=O)CCSCc1csc(C)n1. The number of hydrogen-bond donors (Lipinski definition) is 1. The van der Waals surface area contributed by atoms with Crippen molar-refractivity contribution >= 4 is 34.9 Å². The van der Waals surface area contributed by atoms with Gasteiger partial charge in [0.05, 0.1) is 10.7 Å². The summed E-state index contributed by atoms with van der Waals surface area (Å²) in [5, 5.41) is 5.95. The summed E-state index contributed by atoms with van der Waals surface area (Å²) in [7, 11) is 0. The van der Waals surface area contributed by atoms with Crippen molar-refractivity contribution in [1.29, 1.82) is 0 Å². The lowest BCUT2D eigenvalue weighted by Crippen LogP contribution is -2.56. The molecule has 0 aromatic carbocycles. The van der Waals surface area contributed by atoms with Crippen molar-refractivity contribution in [1.82, 2.24) is 15.2 Å². The lowest BCUT2D eigenvalue weighted by atomic mass is 10.1. The van der Waals surface area contributed by atoms with Crippen LogP contribution >= 0.6 is 23.1 Å². The molecule has 0 saturated carbocycles. The second-order valence-electron chi connectivity index (χ2n) is 4.96. The van der Waals surface area contributed by atoms with Gasteiger partial charge in [0.2, 0.25) is 11.8 Å². The molecule has 1 aromatic heterocycles. The summed E-state index contributed by atoms with van der Waals surface area (Å²) in [4.78, 5) is 30.1. The van der Waals surface area contributed by atoms with Gasteiger partial charge in [-0.05, 0) is 13.3 Å². The molecule has 0 spiro atoms. The Morgan fingerprint density at radius 2 is 2.43 bits per heavy atom. The predicted octanol–water partition coefficient (Wildman–Crippen LogP) is 1.81. The summed E-state index contributed by atoms with van der Waals surface area (Å²) in [6, 6.07) is -0.294. The normalized spacial score (nSPS) is 18.7. The van der Waals surface area contributed by atoms with Crippen LogP contribution in [0.3, 0.4) is 0 Å². The summed E-state index contributed by atoms with van der Waals surface area (Å²) >= 11 is 3.37. The minimum Gasteiger partial charge on any atom is -0.353 e. The number of rotatable bonds is 6. The highest BCUT2D eigenvalue weighted by atomic mass is 32.2. The number of piperazine rings is 1. The molecule has 1 saturated heterocycles. The molecule has 1 fully saturated rings. The Kier molecular flexibility index (Phi) is 6.05. The van der Waals surface area contributed by atoms with Gasteiger partial charge in [0, 0.05) is 36.4 Å². The summed E-state index contributed by atoms with van der Waals surface area (Å²) in [5.74, 6) is 1.67. The molecule has 0 bridgehead atoms. The van der Waals surface area contributed by atoms with E-state index in [1.807, 2.05) is 13.8 Å². The summed E-state index contributed by atoms with van der Waals surface area (Å²) in [6.45, 7) is 5.12. The van der Waals surface area contributed by atoms with E-state index >= 15 is 0 Å². The molecular weight excluding hydrogens is 306 g/mol. The Morgan fingerprint density at radius 1 is 1.62 bits per heavy atom. The molecule has 1 aliphatic heterocycles. The van der Waals surface area contributed by atoms with E-state index < -0.39 is 0 Å². The summed E-state index contributed by atoms with van der Waals surface area (Å²) in [5.41, 5.74) is 1.08. The minimum atomic E-state index is -0.294. The summed E-state index contributed by atoms with van der Waals surface area (Å²) in [6.07, 6.45) is 1.15. The van der Waals surface area contributed by atoms with Crippen LogP contribution in [0, 0.1) is 6.92 Å². The number of carbonyl (C=O) groups excluding carboxylic acids is 2. The van der Waals surface area contributed by atoms with Gasteiger partial charge in [-0.15, -0.1) is 11.3 Å². The highest BCUT2D eigenvalue weighted by molar-refractivity contribution is 7.98. The van der Waals surface area contributed by atoms with Crippen LogP contribution in [0.5, 0.6) is 0 Å². The first kappa shape index (κ1) is 16.3. The Bertz CT molecular complexity index is 504. The fourth-order valence-electron chi connectivity index (χ4n) is 2.37. The van der Waals surface area contributed by atoms with E-state index in [2.05, 4.69) is 15.7 Å². The van der Waals surface area contributed by atoms with Gasteiger partial charge in [0.1, 0.15) is 6.04 Å². The highest BCUT2D eigenvalue weighted by Gasteiger charge is 2.30. The molecule has 0 radical (unpaired) electrons. The standard InChI is InChI=1S/C14H21N3O2S2/c1-3-12-14(19)15-5-6-17(12)13(18)4-7-20-8-11-9-21-10(2)16-11/h9,12H,3-8H2,1-2H3,(H,15,19). The van der Waals surface area contributed by atoms with Crippen LogP contribution in [-0.4, -0.2) is 46.6 Å². The maximum absolute atomic E-state index is 12.2. The molecule has 1 atom stereocenters. The third kappa shape index (κ3) is 4.44. The third-order valence-corrected chi connectivity index (χ3v) is 5.23. The van der Waals surface area contributed by atoms with Crippen LogP contribution in [0.25, 0.3) is 0 Å². The van der Waals surface area contributed by atoms with E-state index in [4.69, 9.17) is 0 Å². The molecule has 1 aliphatic rings. The molecule has 1 unspecified atom stereocenters. The third-order valence-electron chi connectivity index (χ3n) is 3.41. The largest absolute Gasteiger partial charge is 0.353 e. The number of amides is 2. The van der Waals surface area contributed by atoms with Crippen LogP contribution in [0.4, 0.5) is 0 Å². The molecule has 21 heavy (non-hydrogen) atoms. The van der Waals surface area contributed by atoms with Gasteiger partial charge in [0.25, 0.3) is 0 Å². The smallest absolute Gasteiger partial charge is 0.242 e. The first-order chi connectivity index (χ1) is 10.1. The van der Waals surface area contributed by atoms with Crippen molar-refractivity contribution in [3.05, 3.63) is 16.1 Å². The quantitative estimate of drug-likeness (QED) is 0.810. The predicted molar refractivity (Wildman–Crippen MR) is 86.4 cm³/mol. The Hall–Kier alpha value is -1.08. The maximum atomic E-state index is 12.2. The number of aromatic nitrogens is 1. The zero-order chi connectivity index (χ0) is 15.2. The van der Waals surface area contributed by atoms with Crippen LogP contribution < -0.4 is 5.32 Å². The second kappa shape index (κ2) is 7.79. The average molecular weight is 327 g/mol. The van der Waals surface area contributed by atoms with Crippen molar-refractivity contribution in [2.45, 2.75) is 38.5 Å². The molecule has 2 heterocycles. The van der Waals surface area contributed by atoms with Crippen molar-refractivity contribution in [3.63, 3.8) is 0 Å². The second-order valence-corrected chi connectivity index (χ2v) is 7.13. The molecule has 116 valence electrons. The van der Waals surface area contributed by atoms with E-state index in [-0.39, 0.29) is 17.9 Å². The van der Waals surface area contributed by atoms with Gasteiger partial charge >= 0.3 is 0 Å². The molecular formula is C14H21N3O2S2. The van der Waals surface area contributed by atoms with Crippen molar-refractivity contribution in [2.75, 3.05) is 18.8 Å². The monoisotopic (exact) mass is 327 g/mol. The zero-order valence-corrected chi connectivity index (χ0v) is 14.1. The van der Waals surface area contributed by atoms with Crippen molar-refractivity contribution in [2.24, 2.45) is 0 Å². The van der Waals surface area contributed by atoms with E-state index in [1.165, 1.54) is 0 Å². The highest BCUT2D eigenvalue weighted by Crippen LogP contribution is 2.17. The Morgan fingerprint density at radius 3 is 3.10 bits per heavy atom. The fourth-order valence-corrected chi connectivity index (χ4v) is 3.91. The van der Waals surface area contributed by atoms with Gasteiger partial charge in [-0.1, -0.05) is 6.92 Å². The van der Waals surface area contributed by atoms with Crippen molar-refractivity contribution in [3.8, 4) is 0 Å². The Labute approximate surface area is 133 Å². The number of hydrogen-bond acceptors (Lipinski definition) is 5. The van der Waals surface area contributed by atoms with Gasteiger partial charge in [-0.3, -0.25) is 9.59 Å². The fraction of sp³-hybridized carbons (Fsp3) is 0.643. The number of nitrogens with zero attached hydrogens (tertiary/aromatic N) is 2. The number of thiazole rings is 1. The summed E-state index contributed by atoms with van der Waals surface area (Å²) < 4.78 is 0. The maximum Gasteiger partial charge on any atom is 0.242 e. The number of aryl methyl sites for hydroxylation is 1. The average Bonchev–Trinajstić information content (AvgIpc) is 2.88. The van der Waals surface area contributed by atoms with Crippen LogP contribution in [0.2, 0.25) is 0 Å². The molecule has 5 nitrogen and oxygen atoms in total. The van der Waals surface area contributed by atoms with Gasteiger partial charge in [0.15, 0.2) is 0 Å². The molecule has 1 N–H and O–H groups in total. The van der Waals surface area contributed by atoms with E-state index in [9.17, 15) is 9.59 Å². The van der Waals surface area contributed by atoms with Gasteiger partial charge in [-0.25, -0.2) is 4.98 Å². The van der Waals surface area contributed by atoms with E-state index in [0.717, 1.165) is 22.2 Å². The minimum absolute atomic E-state index is 0.0253.